The minimum absolute atomic E-state index is 0. The van der Waals surface area contributed by atoms with E-state index >= 15 is 0 Å². The number of halogens is 1. The fourth-order valence-corrected chi connectivity index (χ4v) is 3.92. The average molecular weight is 381 g/mol. The van der Waals surface area contributed by atoms with Gasteiger partial charge in [-0.1, -0.05) is 30.3 Å². The van der Waals surface area contributed by atoms with Crippen molar-refractivity contribution >= 4 is 28.2 Å². The lowest BCUT2D eigenvalue weighted by atomic mass is 10.0. The van der Waals surface area contributed by atoms with Gasteiger partial charge in [-0.2, -0.15) is 0 Å². The van der Waals surface area contributed by atoms with E-state index < -0.39 is 9.84 Å². The maximum absolute atomic E-state index is 12.4. The zero-order valence-corrected chi connectivity index (χ0v) is 15.3. The number of carbonyl (C=O) groups excluding carboxylic acids is 1. The molecule has 0 aliphatic carbocycles. The van der Waals surface area contributed by atoms with Crippen molar-refractivity contribution in [2.24, 2.45) is 5.92 Å². The van der Waals surface area contributed by atoms with Crippen LogP contribution in [0.5, 0.6) is 0 Å². The van der Waals surface area contributed by atoms with Gasteiger partial charge in [0.25, 0.3) is 5.91 Å². The lowest BCUT2D eigenvalue weighted by Gasteiger charge is -2.27. The fourth-order valence-electron chi connectivity index (χ4n) is 2.56. The van der Waals surface area contributed by atoms with Gasteiger partial charge in [-0.3, -0.25) is 4.79 Å². The van der Waals surface area contributed by atoms with Gasteiger partial charge in [-0.25, -0.2) is 8.42 Å². The minimum atomic E-state index is -3.42. The van der Waals surface area contributed by atoms with Gasteiger partial charge in [0.15, 0.2) is 9.84 Å². The largest absolute Gasteiger partial charge is 0.352 e. The van der Waals surface area contributed by atoms with Crippen molar-refractivity contribution in [3.63, 3.8) is 0 Å². The number of nitrogens with one attached hydrogen (secondary N) is 2. The summed E-state index contributed by atoms with van der Waals surface area (Å²) in [7, 11) is -3.42. The molecule has 25 heavy (non-hydrogen) atoms. The van der Waals surface area contributed by atoms with Crippen molar-refractivity contribution in [1.82, 2.24) is 10.6 Å². The Morgan fingerprint density at radius 1 is 1.08 bits per heavy atom. The van der Waals surface area contributed by atoms with E-state index in [0.717, 1.165) is 13.1 Å². The highest BCUT2D eigenvalue weighted by molar-refractivity contribution is 7.90. The summed E-state index contributed by atoms with van der Waals surface area (Å²) < 4.78 is 24.9. The first kappa shape index (κ1) is 19.4. The van der Waals surface area contributed by atoms with Crippen LogP contribution in [0.1, 0.15) is 15.9 Å². The number of sulfone groups is 1. The molecule has 2 aromatic rings. The maximum atomic E-state index is 12.4. The quantitative estimate of drug-likeness (QED) is 0.804. The van der Waals surface area contributed by atoms with Gasteiger partial charge in [0.1, 0.15) is 0 Å². The van der Waals surface area contributed by atoms with E-state index in [4.69, 9.17) is 0 Å². The molecule has 0 radical (unpaired) electrons. The van der Waals surface area contributed by atoms with Crippen molar-refractivity contribution in [2.75, 3.05) is 19.6 Å². The Kier molecular flexibility index (Phi) is 6.58. The Hall–Kier alpha value is -1.89. The van der Waals surface area contributed by atoms with Crippen LogP contribution in [-0.2, 0) is 15.6 Å². The summed E-state index contributed by atoms with van der Waals surface area (Å²) >= 11 is 0. The molecule has 0 bridgehead atoms. The first-order valence-corrected chi connectivity index (χ1v) is 9.55. The predicted octanol–water partition coefficient (Wildman–Crippen LogP) is 2.03. The van der Waals surface area contributed by atoms with Crippen LogP contribution in [0.3, 0.4) is 0 Å². The molecule has 0 atom stereocenters. The van der Waals surface area contributed by atoms with Gasteiger partial charge in [0, 0.05) is 31.1 Å². The van der Waals surface area contributed by atoms with Crippen LogP contribution in [0.2, 0.25) is 0 Å². The molecule has 134 valence electrons. The lowest BCUT2D eigenvalue weighted by Crippen LogP contribution is -2.48. The van der Waals surface area contributed by atoms with Gasteiger partial charge >= 0.3 is 0 Å². The van der Waals surface area contributed by atoms with Crippen LogP contribution in [0, 0.1) is 5.92 Å². The number of hydrogen-bond acceptors (Lipinski definition) is 4. The molecule has 0 unspecified atom stereocenters. The zero-order valence-electron chi connectivity index (χ0n) is 13.6. The predicted molar refractivity (Wildman–Crippen MR) is 99.7 cm³/mol. The number of rotatable bonds is 6. The summed E-state index contributed by atoms with van der Waals surface area (Å²) in [4.78, 5) is 12.5. The third-order valence-electron chi connectivity index (χ3n) is 4.07. The summed E-state index contributed by atoms with van der Waals surface area (Å²) in [6.07, 6.45) is 0. The van der Waals surface area contributed by atoms with E-state index in [2.05, 4.69) is 10.6 Å². The van der Waals surface area contributed by atoms with Crippen LogP contribution in [0.25, 0.3) is 0 Å². The molecule has 3 rings (SSSR count). The third-order valence-corrected chi connectivity index (χ3v) is 5.77. The molecule has 1 amide bonds. The molecular formula is C18H21ClN2O3S. The van der Waals surface area contributed by atoms with Gasteiger partial charge < -0.3 is 10.6 Å². The fraction of sp³-hybridized carbons (Fsp3) is 0.278. The standard InChI is InChI=1S/C18H20N2O3S.ClH/c21-18(20-12-15-10-19-11-15)16-6-4-5-14(9-16)13-24(22,23)17-7-2-1-3-8-17;/h1-9,15,19H,10-13H2,(H,20,21);1H. The molecule has 1 fully saturated rings. The Bertz CT molecular complexity index is 821. The van der Waals surface area contributed by atoms with E-state index in [1.54, 1.807) is 54.6 Å². The molecule has 1 saturated heterocycles. The molecule has 1 heterocycles. The lowest BCUT2D eigenvalue weighted by molar-refractivity contribution is 0.0942. The van der Waals surface area contributed by atoms with Crippen molar-refractivity contribution < 1.29 is 13.2 Å². The monoisotopic (exact) mass is 380 g/mol. The van der Waals surface area contributed by atoms with E-state index in [-0.39, 0.29) is 29.0 Å². The number of carbonyl (C=O) groups is 1. The van der Waals surface area contributed by atoms with Gasteiger partial charge in [0.05, 0.1) is 10.6 Å². The van der Waals surface area contributed by atoms with Gasteiger partial charge in [0.2, 0.25) is 0 Å². The second-order valence-electron chi connectivity index (χ2n) is 6.01. The highest BCUT2D eigenvalue weighted by atomic mass is 35.5. The number of benzene rings is 2. The second-order valence-corrected chi connectivity index (χ2v) is 8.00. The van der Waals surface area contributed by atoms with Crippen LogP contribution in [0.4, 0.5) is 0 Å². The SMILES string of the molecule is Cl.O=C(NCC1CNC1)c1cccc(CS(=O)(=O)c2ccccc2)c1. The zero-order chi connectivity index (χ0) is 17.0. The Labute approximate surface area is 154 Å². The van der Waals surface area contributed by atoms with E-state index in [1.807, 2.05) is 0 Å². The van der Waals surface area contributed by atoms with Crippen LogP contribution in [-0.4, -0.2) is 34.0 Å². The smallest absolute Gasteiger partial charge is 0.251 e. The summed E-state index contributed by atoms with van der Waals surface area (Å²) in [5, 5.41) is 6.05. The van der Waals surface area contributed by atoms with Crippen molar-refractivity contribution in [2.45, 2.75) is 10.6 Å². The molecule has 2 aromatic carbocycles. The summed E-state index contributed by atoms with van der Waals surface area (Å²) in [5.74, 6) is 0.196. The average Bonchev–Trinajstić information content (AvgIpc) is 2.54. The number of amides is 1. The van der Waals surface area contributed by atoms with Crippen molar-refractivity contribution in [3.05, 3.63) is 65.7 Å². The minimum Gasteiger partial charge on any atom is -0.352 e. The molecule has 0 aromatic heterocycles. The molecule has 0 saturated carbocycles. The molecule has 1 aliphatic rings. The maximum Gasteiger partial charge on any atom is 0.251 e. The Morgan fingerprint density at radius 2 is 1.80 bits per heavy atom. The van der Waals surface area contributed by atoms with Crippen LogP contribution >= 0.6 is 12.4 Å². The molecule has 1 aliphatic heterocycles. The van der Waals surface area contributed by atoms with E-state index in [1.165, 1.54) is 0 Å². The molecule has 5 nitrogen and oxygen atoms in total. The summed E-state index contributed by atoms with van der Waals surface area (Å²) in [6, 6.07) is 15.1. The van der Waals surface area contributed by atoms with E-state index in [9.17, 15) is 13.2 Å². The summed E-state index contributed by atoms with van der Waals surface area (Å²) in [6.45, 7) is 2.49. The highest BCUT2D eigenvalue weighted by Gasteiger charge is 2.19. The first-order valence-electron chi connectivity index (χ1n) is 7.90. The molecule has 7 heteroatoms. The van der Waals surface area contributed by atoms with E-state index in [0.29, 0.717) is 23.6 Å². The summed E-state index contributed by atoms with van der Waals surface area (Å²) in [5.41, 5.74) is 1.10. The third kappa shape index (κ3) is 5.04. The highest BCUT2D eigenvalue weighted by Crippen LogP contribution is 2.17. The van der Waals surface area contributed by atoms with Crippen molar-refractivity contribution in [3.8, 4) is 0 Å². The van der Waals surface area contributed by atoms with Crippen LogP contribution < -0.4 is 10.6 Å². The van der Waals surface area contributed by atoms with Gasteiger partial charge in [-0.05, 0) is 29.8 Å². The Morgan fingerprint density at radius 3 is 2.44 bits per heavy atom. The topological polar surface area (TPSA) is 75.3 Å². The molecule has 2 N–H and O–H groups in total. The first-order chi connectivity index (χ1) is 11.5. The van der Waals surface area contributed by atoms with Crippen molar-refractivity contribution in [1.29, 1.82) is 0 Å². The van der Waals surface area contributed by atoms with Crippen LogP contribution in [0.15, 0.2) is 59.5 Å². The molecular weight excluding hydrogens is 360 g/mol. The number of hydrogen-bond donors (Lipinski definition) is 2. The molecule has 0 spiro atoms. The normalized spacial score (nSPS) is 14.2. The van der Waals surface area contributed by atoms with Gasteiger partial charge in [-0.15, -0.1) is 12.4 Å². The Balaban J connectivity index is 0.00000225. The second kappa shape index (κ2) is 8.47.